The second kappa shape index (κ2) is 4.24. The second-order valence-electron chi connectivity index (χ2n) is 3.45. The molecule has 18 heavy (non-hydrogen) atoms. The summed E-state index contributed by atoms with van der Waals surface area (Å²) in [5.41, 5.74) is -0.232. The summed E-state index contributed by atoms with van der Waals surface area (Å²) in [5.74, 6) is -1.56. The fraction of sp³-hybridized carbons (Fsp3) is 0.100. The van der Waals surface area contributed by atoms with Crippen LogP contribution in [0.3, 0.4) is 0 Å². The predicted molar refractivity (Wildman–Crippen MR) is 59.6 cm³/mol. The summed E-state index contributed by atoms with van der Waals surface area (Å²) in [4.78, 5) is 36.2. The monoisotopic (exact) mass is 249 g/mol. The number of furan rings is 1. The zero-order chi connectivity index (χ0) is 13.3. The van der Waals surface area contributed by atoms with Gasteiger partial charge in [0.2, 0.25) is 0 Å². The Kier molecular flexibility index (Phi) is 2.76. The molecule has 0 fully saturated rings. The van der Waals surface area contributed by atoms with E-state index in [0.717, 1.165) is 12.1 Å². The van der Waals surface area contributed by atoms with Crippen LogP contribution in [0.1, 0.15) is 12.7 Å². The van der Waals surface area contributed by atoms with Crippen molar-refractivity contribution in [3.8, 4) is 0 Å². The van der Waals surface area contributed by atoms with Gasteiger partial charge in [0.25, 0.3) is 11.8 Å². The molecule has 0 saturated heterocycles. The van der Waals surface area contributed by atoms with Crippen LogP contribution in [0.2, 0.25) is 0 Å². The molecule has 0 unspecified atom stereocenters. The largest absolute Gasteiger partial charge is 0.433 e. The summed E-state index contributed by atoms with van der Waals surface area (Å²) < 4.78 is 4.82. The number of carbonyl (C=O) groups excluding carboxylic acids is 2. The van der Waals surface area contributed by atoms with Gasteiger partial charge in [0.1, 0.15) is 22.1 Å². The highest BCUT2D eigenvalue weighted by Crippen LogP contribution is 2.19. The van der Waals surface area contributed by atoms with Gasteiger partial charge in [-0.2, -0.15) is 4.99 Å². The first-order valence-corrected chi connectivity index (χ1v) is 4.84. The van der Waals surface area contributed by atoms with Gasteiger partial charge in [-0.3, -0.25) is 19.7 Å². The first-order chi connectivity index (χ1) is 8.47. The van der Waals surface area contributed by atoms with Crippen molar-refractivity contribution in [1.29, 1.82) is 0 Å². The maximum absolute atomic E-state index is 11.5. The zero-order valence-corrected chi connectivity index (χ0v) is 9.17. The van der Waals surface area contributed by atoms with Gasteiger partial charge in [-0.1, -0.05) is 0 Å². The van der Waals surface area contributed by atoms with Gasteiger partial charge in [0, 0.05) is 0 Å². The molecule has 0 bridgehead atoms. The van der Waals surface area contributed by atoms with Crippen molar-refractivity contribution in [1.82, 2.24) is 5.32 Å². The van der Waals surface area contributed by atoms with E-state index in [-0.39, 0.29) is 17.2 Å². The quantitative estimate of drug-likeness (QED) is 0.357. The molecule has 1 aromatic rings. The van der Waals surface area contributed by atoms with Crippen molar-refractivity contribution >= 4 is 29.6 Å². The minimum absolute atomic E-state index is 0.0370. The van der Waals surface area contributed by atoms with Crippen LogP contribution < -0.4 is 5.32 Å². The maximum atomic E-state index is 11.5. The molecule has 1 aliphatic rings. The Morgan fingerprint density at radius 1 is 1.44 bits per heavy atom. The number of hydrogen-bond donors (Lipinski definition) is 1. The first kappa shape index (κ1) is 11.7. The van der Waals surface area contributed by atoms with Gasteiger partial charge in [0.05, 0.1) is 6.07 Å². The summed E-state index contributed by atoms with van der Waals surface area (Å²) in [7, 11) is 0. The third-order valence-electron chi connectivity index (χ3n) is 2.12. The Labute approximate surface area is 100 Å². The van der Waals surface area contributed by atoms with Crippen LogP contribution in [0, 0.1) is 10.1 Å². The predicted octanol–water partition coefficient (Wildman–Crippen LogP) is 0.646. The van der Waals surface area contributed by atoms with Crippen LogP contribution in [0.15, 0.2) is 27.1 Å². The molecule has 0 atom stereocenters. The van der Waals surface area contributed by atoms with Gasteiger partial charge in [0.15, 0.2) is 0 Å². The molecule has 0 aliphatic carbocycles. The molecule has 2 amide bonds. The van der Waals surface area contributed by atoms with Crippen LogP contribution in [0.25, 0.3) is 6.08 Å². The average Bonchev–Trinajstić information content (AvgIpc) is 2.71. The molecule has 8 heteroatoms. The minimum atomic E-state index is -0.715. The molecule has 2 heterocycles. The number of nitro groups is 1. The van der Waals surface area contributed by atoms with E-state index in [9.17, 15) is 19.7 Å². The lowest BCUT2D eigenvalue weighted by Crippen LogP contribution is -2.37. The third-order valence-corrected chi connectivity index (χ3v) is 2.12. The van der Waals surface area contributed by atoms with Crippen LogP contribution in [-0.2, 0) is 9.59 Å². The number of nitrogens with one attached hydrogen (secondary N) is 1. The number of nitrogens with zero attached hydrogens (tertiary/aromatic N) is 2. The van der Waals surface area contributed by atoms with E-state index in [0.29, 0.717) is 0 Å². The molecule has 0 aromatic carbocycles. The maximum Gasteiger partial charge on any atom is 0.433 e. The number of aliphatic imine (C=N–C) groups is 1. The van der Waals surface area contributed by atoms with Crippen molar-refractivity contribution in [2.75, 3.05) is 0 Å². The molecule has 92 valence electrons. The normalized spacial score (nSPS) is 17.6. The topological polar surface area (TPSA) is 115 Å². The van der Waals surface area contributed by atoms with Gasteiger partial charge in [-0.25, -0.2) is 0 Å². The molecule has 1 aliphatic heterocycles. The number of rotatable bonds is 2. The molecule has 1 N–H and O–H groups in total. The smallest absolute Gasteiger partial charge is 0.401 e. The summed E-state index contributed by atoms with van der Waals surface area (Å²) in [5, 5.41) is 12.8. The standard InChI is InChI=1S/C10H7N3O5/c1-5-11-9(14)7(10(15)12-5)4-6-2-3-8(18-6)13(16)17/h2-4H,1H3,(H,11,12,14,15). The lowest BCUT2D eigenvalue weighted by atomic mass is 10.1. The minimum Gasteiger partial charge on any atom is -0.401 e. The van der Waals surface area contributed by atoms with Gasteiger partial charge >= 0.3 is 5.88 Å². The van der Waals surface area contributed by atoms with E-state index in [1.54, 1.807) is 0 Å². The van der Waals surface area contributed by atoms with Crippen LogP contribution in [0.5, 0.6) is 0 Å². The average molecular weight is 249 g/mol. The summed E-state index contributed by atoms with van der Waals surface area (Å²) in [6.07, 6.45) is 1.11. The van der Waals surface area contributed by atoms with Crippen molar-refractivity contribution in [3.05, 3.63) is 33.6 Å². The SMILES string of the molecule is CC1=NC(=O)/C(=C/c2ccc([N+](=O)[O-])o2)C(=O)N1. The Hall–Kier alpha value is -2.77. The second-order valence-corrected chi connectivity index (χ2v) is 3.45. The van der Waals surface area contributed by atoms with E-state index < -0.39 is 22.6 Å². The highest BCUT2D eigenvalue weighted by atomic mass is 16.6. The summed E-state index contributed by atoms with van der Waals surface area (Å²) >= 11 is 0. The molecule has 1 aromatic heterocycles. The van der Waals surface area contributed by atoms with Gasteiger partial charge < -0.3 is 9.73 Å². The fourth-order valence-corrected chi connectivity index (χ4v) is 1.36. The Morgan fingerprint density at radius 3 is 2.72 bits per heavy atom. The van der Waals surface area contributed by atoms with Crippen LogP contribution in [-0.4, -0.2) is 22.6 Å². The van der Waals surface area contributed by atoms with Crippen LogP contribution in [0.4, 0.5) is 5.88 Å². The number of amidine groups is 1. The van der Waals surface area contributed by atoms with Crippen LogP contribution >= 0.6 is 0 Å². The Morgan fingerprint density at radius 2 is 2.17 bits per heavy atom. The first-order valence-electron chi connectivity index (χ1n) is 4.84. The van der Waals surface area contributed by atoms with Crippen molar-refractivity contribution < 1.29 is 18.9 Å². The van der Waals surface area contributed by atoms with E-state index in [1.807, 2.05) is 0 Å². The van der Waals surface area contributed by atoms with E-state index in [2.05, 4.69) is 10.3 Å². The van der Waals surface area contributed by atoms with E-state index >= 15 is 0 Å². The third kappa shape index (κ3) is 2.17. The molecule has 0 radical (unpaired) electrons. The summed E-state index contributed by atoms with van der Waals surface area (Å²) in [6, 6.07) is 2.42. The lowest BCUT2D eigenvalue weighted by molar-refractivity contribution is -0.402. The molecular formula is C10H7N3O5. The van der Waals surface area contributed by atoms with Crippen molar-refractivity contribution in [2.45, 2.75) is 6.92 Å². The molecule has 8 nitrogen and oxygen atoms in total. The highest BCUT2D eigenvalue weighted by Gasteiger charge is 2.24. The van der Waals surface area contributed by atoms with Crippen molar-refractivity contribution in [3.63, 3.8) is 0 Å². The lowest BCUT2D eigenvalue weighted by Gasteiger charge is -2.10. The van der Waals surface area contributed by atoms with E-state index in [4.69, 9.17) is 4.42 Å². The number of carbonyl (C=O) groups is 2. The molecule has 0 spiro atoms. The number of amides is 2. The number of hydrogen-bond acceptors (Lipinski definition) is 5. The molecular weight excluding hydrogens is 242 g/mol. The fourth-order valence-electron chi connectivity index (χ4n) is 1.36. The summed E-state index contributed by atoms with van der Waals surface area (Å²) in [6.45, 7) is 1.48. The van der Waals surface area contributed by atoms with E-state index in [1.165, 1.54) is 13.0 Å². The molecule has 2 rings (SSSR count). The Bertz CT molecular complexity index is 611. The van der Waals surface area contributed by atoms with Gasteiger partial charge in [-0.15, -0.1) is 0 Å². The highest BCUT2D eigenvalue weighted by molar-refractivity contribution is 6.30. The van der Waals surface area contributed by atoms with Crippen molar-refractivity contribution in [2.24, 2.45) is 4.99 Å². The zero-order valence-electron chi connectivity index (χ0n) is 9.17. The van der Waals surface area contributed by atoms with Gasteiger partial charge in [-0.05, 0) is 19.1 Å². The Balaban J connectivity index is 2.35. The molecule has 0 saturated carbocycles.